The topological polar surface area (TPSA) is 37.3 Å². The SMILES string of the molecule is CCCCCCCCSCC1(CC(=O)O)CC1. The van der Waals surface area contributed by atoms with Crippen LogP contribution in [0.1, 0.15) is 64.7 Å². The van der Waals surface area contributed by atoms with Crippen LogP contribution in [0, 0.1) is 5.41 Å². The molecule has 0 radical (unpaired) electrons. The van der Waals surface area contributed by atoms with Crippen LogP contribution in [-0.4, -0.2) is 22.6 Å². The Morgan fingerprint density at radius 2 is 1.82 bits per heavy atom. The maximum atomic E-state index is 10.7. The average molecular weight is 258 g/mol. The van der Waals surface area contributed by atoms with E-state index in [1.54, 1.807) is 0 Å². The summed E-state index contributed by atoms with van der Waals surface area (Å²) in [5.74, 6) is 1.66. The molecule has 17 heavy (non-hydrogen) atoms. The lowest BCUT2D eigenvalue weighted by Crippen LogP contribution is -2.11. The second-order valence-corrected chi connectivity index (χ2v) is 6.50. The van der Waals surface area contributed by atoms with Gasteiger partial charge in [-0.05, 0) is 36.2 Å². The Morgan fingerprint density at radius 3 is 2.41 bits per heavy atom. The minimum Gasteiger partial charge on any atom is -0.481 e. The van der Waals surface area contributed by atoms with E-state index >= 15 is 0 Å². The van der Waals surface area contributed by atoms with Gasteiger partial charge in [-0.1, -0.05) is 39.0 Å². The molecule has 0 spiro atoms. The van der Waals surface area contributed by atoms with Crippen LogP contribution >= 0.6 is 11.8 Å². The third-order valence-electron chi connectivity index (χ3n) is 3.53. The van der Waals surface area contributed by atoms with Crippen molar-refractivity contribution in [1.29, 1.82) is 0 Å². The molecule has 0 aromatic carbocycles. The fourth-order valence-corrected chi connectivity index (χ4v) is 3.52. The van der Waals surface area contributed by atoms with Crippen molar-refractivity contribution in [1.82, 2.24) is 0 Å². The first kappa shape index (κ1) is 14.9. The van der Waals surface area contributed by atoms with Crippen LogP contribution in [0.4, 0.5) is 0 Å². The van der Waals surface area contributed by atoms with Gasteiger partial charge in [0.2, 0.25) is 0 Å². The zero-order valence-corrected chi connectivity index (χ0v) is 11.9. The van der Waals surface area contributed by atoms with Crippen molar-refractivity contribution in [2.24, 2.45) is 5.41 Å². The molecule has 0 aromatic rings. The Balaban J connectivity index is 1.89. The molecule has 1 aliphatic carbocycles. The molecule has 100 valence electrons. The Labute approximate surface area is 110 Å². The van der Waals surface area contributed by atoms with Gasteiger partial charge in [0.05, 0.1) is 6.42 Å². The molecule has 0 saturated heterocycles. The molecule has 1 N–H and O–H groups in total. The zero-order chi connectivity index (χ0) is 12.6. The number of thioether (sulfide) groups is 1. The Bertz CT molecular complexity index is 224. The van der Waals surface area contributed by atoms with Crippen molar-refractivity contribution >= 4 is 17.7 Å². The summed E-state index contributed by atoms with van der Waals surface area (Å²) < 4.78 is 0. The van der Waals surface area contributed by atoms with Gasteiger partial charge in [-0.3, -0.25) is 4.79 Å². The summed E-state index contributed by atoms with van der Waals surface area (Å²) in [6, 6.07) is 0. The highest BCUT2D eigenvalue weighted by atomic mass is 32.2. The number of carboxylic acids is 1. The van der Waals surface area contributed by atoms with Crippen LogP contribution in [-0.2, 0) is 4.79 Å². The van der Waals surface area contributed by atoms with Crippen molar-refractivity contribution in [2.45, 2.75) is 64.7 Å². The lowest BCUT2D eigenvalue weighted by Gasteiger charge is -2.11. The van der Waals surface area contributed by atoms with Gasteiger partial charge in [0.25, 0.3) is 0 Å². The maximum absolute atomic E-state index is 10.7. The molecule has 0 amide bonds. The molecule has 3 heteroatoms. The van der Waals surface area contributed by atoms with Gasteiger partial charge in [-0.25, -0.2) is 0 Å². The standard InChI is InChI=1S/C14H26O2S/c1-2-3-4-5-6-7-10-17-12-14(8-9-14)11-13(15)16/h2-12H2,1H3,(H,15,16). The highest BCUT2D eigenvalue weighted by Crippen LogP contribution is 2.51. The Morgan fingerprint density at radius 1 is 1.18 bits per heavy atom. The van der Waals surface area contributed by atoms with E-state index < -0.39 is 5.97 Å². The summed E-state index contributed by atoms with van der Waals surface area (Å²) in [6.07, 6.45) is 10.7. The van der Waals surface area contributed by atoms with Crippen LogP contribution in [0.3, 0.4) is 0 Å². The first-order chi connectivity index (χ1) is 8.18. The van der Waals surface area contributed by atoms with Crippen molar-refractivity contribution in [3.63, 3.8) is 0 Å². The summed E-state index contributed by atoms with van der Waals surface area (Å²) in [7, 11) is 0. The van der Waals surface area contributed by atoms with Crippen LogP contribution in [0.25, 0.3) is 0 Å². The van der Waals surface area contributed by atoms with E-state index in [9.17, 15) is 4.79 Å². The molecule has 1 aliphatic rings. The summed E-state index contributed by atoms with van der Waals surface area (Å²) in [6.45, 7) is 2.24. The normalized spacial score (nSPS) is 17.0. The van der Waals surface area contributed by atoms with E-state index in [0.29, 0.717) is 6.42 Å². The molecule has 1 fully saturated rings. The molecular formula is C14H26O2S. The summed E-state index contributed by atoms with van der Waals surface area (Å²) >= 11 is 1.97. The summed E-state index contributed by atoms with van der Waals surface area (Å²) in [5, 5.41) is 8.80. The van der Waals surface area contributed by atoms with Crippen molar-refractivity contribution in [2.75, 3.05) is 11.5 Å². The molecule has 0 heterocycles. The van der Waals surface area contributed by atoms with Crippen LogP contribution < -0.4 is 0 Å². The zero-order valence-electron chi connectivity index (χ0n) is 11.0. The first-order valence-electron chi connectivity index (χ1n) is 6.98. The predicted molar refractivity (Wildman–Crippen MR) is 74.6 cm³/mol. The Hall–Kier alpha value is -0.180. The summed E-state index contributed by atoms with van der Waals surface area (Å²) in [5.41, 5.74) is 0.179. The Kier molecular flexibility index (Phi) is 7.02. The van der Waals surface area contributed by atoms with E-state index in [4.69, 9.17) is 5.11 Å². The van der Waals surface area contributed by atoms with Gasteiger partial charge in [0, 0.05) is 0 Å². The average Bonchev–Trinajstić information content (AvgIpc) is 3.01. The molecule has 2 nitrogen and oxygen atoms in total. The number of carboxylic acid groups (broad SMARTS) is 1. The number of unbranched alkanes of at least 4 members (excludes halogenated alkanes) is 5. The molecule has 0 aliphatic heterocycles. The number of hydrogen-bond acceptors (Lipinski definition) is 2. The predicted octanol–water partition coefficient (Wildman–Crippen LogP) is 4.34. The van der Waals surface area contributed by atoms with E-state index in [1.807, 2.05) is 11.8 Å². The molecular weight excluding hydrogens is 232 g/mol. The van der Waals surface area contributed by atoms with Gasteiger partial charge in [0.1, 0.15) is 0 Å². The number of carbonyl (C=O) groups is 1. The van der Waals surface area contributed by atoms with E-state index in [1.165, 1.54) is 44.3 Å². The van der Waals surface area contributed by atoms with Crippen LogP contribution in [0.2, 0.25) is 0 Å². The fraction of sp³-hybridized carbons (Fsp3) is 0.929. The van der Waals surface area contributed by atoms with Crippen LogP contribution in [0.15, 0.2) is 0 Å². The quantitative estimate of drug-likeness (QED) is 0.560. The van der Waals surface area contributed by atoms with Gasteiger partial charge < -0.3 is 5.11 Å². The van der Waals surface area contributed by atoms with Crippen molar-refractivity contribution in [3.05, 3.63) is 0 Å². The highest BCUT2D eigenvalue weighted by molar-refractivity contribution is 7.99. The molecule has 0 unspecified atom stereocenters. The summed E-state index contributed by atoms with van der Waals surface area (Å²) in [4.78, 5) is 10.7. The maximum Gasteiger partial charge on any atom is 0.303 e. The van der Waals surface area contributed by atoms with Gasteiger partial charge in [-0.2, -0.15) is 11.8 Å². The van der Waals surface area contributed by atoms with E-state index in [-0.39, 0.29) is 5.41 Å². The molecule has 1 rings (SSSR count). The highest BCUT2D eigenvalue weighted by Gasteiger charge is 2.43. The smallest absolute Gasteiger partial charge is 0.303 e. The molecule has 0 aromatic heterocycles. The third kappa shape index (κ3) is 6.97. The monoisotopic (exact) mass is 258 g/mol. The van der Waals surface area contributed by atoms with Crippen LogP contribution in [0.5, 0.6) is 0 Å². The van der Waals surface area contributed by atoms with Gasteiger partial charge in [-0.15, -0.1) is 0 Å². The number of aliphatic carboxylic acids is 1. The minimum atomic E-state index is -0.623. The number of hydrogen-bond donors (Lipinski definition) is 1. The second kappa shape index (κ2) is 8.02. The molecule has 1 saturated carbocycles. The first-order valence-corrected chi connectivity index (χ1v) is 8.13. The van der Waals surface area contributed by atoms with E-state index in [0.717, 1.165) is 18.6 Å². The van der Waals surface area contributed by atoms with Crippen molar-refractivity contribution < 1.29 is 9.90 Å². The van der Waals surface area contributed by atoms with Gasteiger partial charge in [0.15, 0.2) is 0 Å². The lowest BCUT2D eigenvalue weighted by molar-refractivity contribution is -0.138. The third-order valence-corrected chi connectivity index (χ3v) is 4.93. The molecule has 0 bridgehead atoms. The van der Waals surface area contributed by atoms with Crippen molar-refractivity contribution in [3.8, 4) is 0 Å². The van der Waals surface area contributed by atoms with Gasteiger partial charge >= 0.3 is 5.97 Å². The minimum absolute atomic E-state index is 0.179. The molecule has 0 atom stereocenters. The lowest BCUT2D eigenvalue weighted by atomic mass is 10.1. The largest absolute Gasteiger partial charge is 0.481 e. The number of rotatable bonds is 11. The fourth-order valence-electron chi connectivity index (χ4n) is 2.14. The van der Waals surface area contributed by atoms with E-state index in [2.05, 4.69) is 6.92 Å². The second-order valence-electron chi connectivity index (χ2n) is 5.39.